The average molecular weight is 280 g/mol. The lowest BCUT2D eigenvalue weighted by Crippen LogP contribution is -2.00. The highest BCUT2D eigenvalue weighted by molar-refractivity contribution is 5.80. The lowest BCUT2D eigenvalue weighted by Gasteiger charge is -2.06. The first-order valence-electron chi connectivity index (χ1n) is 6.92. The van der Waals surface area contributed by atoms with Crippen molar-refractivity contribution < 1.29 is 4.92 Å². The molecule has 2 aromatic carbocycles. The fourth-order valence-corrected chi connectivity index (χ4v) is 2.55. The zero-order valence-electron chi connectivity index (χ0n) is 11.8. The van der Waals surface area contributed by atoms with E-state index in [1.54, 1.807) is 12.1 Å². The Labute approximate surface area is 122 Å². The third-order valence-corrected chi connectivity index (χ3v) is 3.72. The summed E-state index contributed by atoms with van der Waals surface area (Å²) in [6, 6.07) is 15.3. The first kappa shape index (κ1) is 13.4. The quantitative estimate of drug-likeness (QED) is 0.533. The van der Waals surface area contributed by atoms with Crippen molar-refractivity contribution in [2.75, 3.05) is 0 Å². The molecule has 4 nitrogen and oxygen atoms in total. The van der Waals surface area contributed by atoms with Crippen LogP contribution in [0.15, 0.2) is 54.7 Å². The zero-order chi connectivity index (χ0) is 14.8. The SMILES string of the molecule is Cc1ccc2c(ccn2CCc2ccc([N+](=O)[O-])cc2)c1. The van der Waals surface area contributed by atoms with E-state index < -0.39 is 0 Å². The highest BCUT2D eigenvalue weighted by atomic mass is 16.6. The van der Waals surface area contributed by atoms with Crippen LogP contribution in [0.1, 0.15) is 11.1 Å². The summed E-state index contributed by atoms with van der Waals surface area (Å²) >= 11 is 0. The van der Waals surface area contributed by atoms with Crippen LogP contribution in [-0.2, 0) is 13.0 Å². The minimum Gasteiger partial charge on any atom is -0.347 e. The monoisotopic (exact) mass is 280 g/mol. The highest BCUT2D eigenvalue weighted by Gasteiger charge is 2.05. The molecule has 0 aliphatic carbocycles. The van der Waals surface area contributed by atoms with Gasteiger partial charge in [-0.25, -0.2) is 0 Å². The molecule has 0 fully saturated rings. The smallest absolute Gasteiger partial charge is 0.269 e. The van der Waals surface area contributed by atoms with Gasteiger partial charge in [0.15, 0.2) is 0 Å². The molecule has 0 bridgehead atoms. The van der Waals surface area contributed by atoms with Gasteiger partial charge in [-0.1, -0.05) is 23.8 Å². The van der Waals surface area contributed by atoms with Gasteiger partial charge in [-0.2, -0.15) is 0 Å². The minimum absolute atomic E-state index is 0.139. The summed E-state index contributed by atoms with van der Waals surface area (Å²) in [5, 5.41) is 11.9. The molecular weight excluding hydrogens is 264 g/mol. The van der Waals surface area contributed by atoms with E-state index in [1.165, 1.54) is 16.5 Å². The van der Waals surface area contributed by atoms with Gasteiger partial charge in [0.2, 0.25) is 0 Å². The summed E-state index contributed by atoms with van der Waals surface area (Å²) in [5.41, 5.74) is 3.73. The fourth-order valence-electron chi connectivity index (χ4n) is 2.55. The molecule has 0 unspecified atom stereocenters. The molecule has 3 rings (SSSR count). The molecule has 0 radical (unpaired) electrons. The number of non-ortho nitro benzene ring substituents is 1. The van der Waals surface area contributed by atoms with Crippen LogP contribution in [-0.4, -0.2) is 9.49 Å². The fraction of sp³-hybridized carbons (Fsp3) is 0.176. The molecule has 0 saturated carbocycles. The summed E-state index contributed by atoms with van der Waals surface area (Å²) in [5.74, 6) is 0. The number of aryl methyl sites for hydroxylation is 3. The zero-order valence-corrected chi connectivity index (χ0v) is 11.8. The van der Waals surface area contributed by atoms with E-state index in [0.29, 0.717) is 0 Å². The van der Waals surface area contributed by atoms with E-state index in [9.17, 15) is 10.1 Å². The maximum absolute atomic E-state index is 10.6. The van der Waals surface area contributed by atoms with E-state index in [2.05, 4.69) is 42.0 Å². The molecule has 0 N–H and O–H groups in total. The summed E-state index contributed by atoms with van der Waals surface area (Å²) in [6.07, 6.45) is 2.95. The third kappa shape index (κ3) is 2.79. The van der Waals surface area contributed by atoms with Crippen LogP contribution in [0.3, 0.4) is 0 Å². The molecule has 0 amide bonds. The van der Waals surface area contributed by atoms with Gasteiger partial charge >= 0.3 is 0 Å². The van der Waals surface area contributed by atoms with Crippen LogP contribution in [0.4, 0.5) is 5.69 Å². The van der Waals surface area contributed by atoms with E-state index in [-0.39, 0.29) is 10.6 Å². The summed E-state index contributed by atoms with van der Waals surface area (Å²) < 4.78 is 2.22. The van der Waals surface area contributed by atoms with Crippen molar-refractivity contribution in [3.05, 3.63) is 76.0 Å². The Morgan fingerprint density at radius 1 is 1.10 bits per heavy atom. The normalized spacial score (nSPS) is 10.9. The molecule has 21 heavy (non-hydrogen) atoms. The number of nitrogens with zero attached hydrogens (tertiary/aromatic N) is 2. The number of nitro groups is 1. The van der Waals surface area contributed by atoms with E-state index >= 15 is 0 Å². The molecule has 4 heteroatoms. The Bertz CT molecular complexity index is 788. The van der Waals surface area contributed by atoms with Crippen LogP contribution in [0, 0.1) is 17.0 Å². The first-order valence-corrected chi connectivity index (χ1v) is 6.92. The van der Waals surface area contributed by atoms with Crippen LogP contribution >= 0.6 is 0 Å². The van der Waals surface area contributed by atoms with Gasteiger partial charge in [0.1, 0.15) is 0 Å². The molecule has 1 heterocycles. The average Bonchev–Trinajstić information content (AvgIpc) is 2.87. The number of rotatable bonds is 4. The van der Waals surface area contributed by atoms with Crippen LogP contribution in [0.2, 0.25) is 0 Å². The number of fused-ring (bicyclic) bond motifs is 1. The van der Waals surface area contributed by atoms with Crippen LogP contribution in [0.25, 0.3) is 10.9 Å². The number of nitro benzene ring substituents is 1. The van der Waals surface area contributed by atoms with Gasteiger partial charge in [0.05, 0.1) is 4.92 Å². The summed E-state index contributed by atoms with van der Waals surface area (Å²) in [4.78, 5) is 10.3. The highest BCUT2D eigenvalue weighted by Crippen LogP contribution is 2.18. The number of benzene rings is 2. The number of hydrogen-bond donors (Lipinski definition) is 0. The second-order valence-corrected chi connectivity index (χ2v) is 5.24. The van der Waals surface area contributed by atoms with Crippen molar-refractivity contribution in [3.8, 4) is 0 Å². The molecular formula is C17H16N2O2. The third-order valence-electron chi connectivity index (χ3n) is 3.72. The summed E-state index contributed by atoms with van der Waals surface area (Å²) in [7, 11) is 0. The summed E-state index contributed by atoms with van der Waals surface area (Å²) in [6.45, 7) is 2.96. The molecule has 0 aliphatic heterocycles. The maximum Gasteiger partial charge on any atom is 0.269 e. The van der Waals surface area contributed by atoms with Crippen LogP contribution in [0.5, 0.6) is 0 Å². The molecule has 0 atom stereocenters. The molecule has 0 spiro atoms. The van der Waals surface area contributed by atoms with Crippen molar-refractivity contribution in [2.24, 2.45) is 0 Å². The Hall–Kier alpha value is -2.62. The first-order chi connectivity index (χ1) is 10.1. The molecule has 3 aromatic rings. The van der Waals surface area contributed by atoms with Gasteiger partial charge < -0.3 is 4.57 Å². The lowest BCUT2D eigenvalue weighted by atomic mass is 10.1. The lowest BCUT2D eigenvalue weighted by molar-refractivity contribution is -0.384. The van der Waals surface area contributed by atoms with Crippen molar-refractivity contribution in [1.82, 2.24) is 4.57 Å². The molecule has 0 saturated heterocycles. The minimum atomic E-state index is -0.369. The van der Waals surface area contributed by atoms with E-state index in [1.807, 2.05) is 12.1 Å². The maximum atomic E-state index is 10.6. The topological polar surface area (TPSA) is 48.1 Å². The standard InChI is InChI=1S/C17H16N2O2/c1-13-2-7-17-15(12-13)9-11-18(17)10-8-14-3-5-16(6-4-14)19(20)21/h2-7,9,11-12H,8,10H2,1H3. The largest absolute Gasteiger partial charge is 0.347 e. The second kappa shape index (κ2) is 5.40. The van der Waals surface area contributed by atoms with Gasteiger partial charge in [-0.15, -0.1) is 0 Å². The number of aromatic nitrogens is 1. The van der Waals surface area contributed by atoms with Crippen molar-refractivity contribution in [1.29, 1.82) is 0 Å². The van der Waals surface area contributed by atoms with Crippen LogP contribution < -0.4 is 0 Å². The Kier molecular flexibility index (Phi) is 3.44. The van der Waals surface area contributed by atoms with Crippen molar-refractivity contribution >= 4 is 16.6 Å². The molecule has 1 aromatic heterocycles. The van der Waals surface area contributed by atoms with E-state index in [0.717, 1.165) is 18.5 Å². The van der Waals surface area contributed by atoms with Gasteiger partial charge in [-0.05, 0) is 42.5 Å². The second-order valence-electron chi connectivity index (χ2n) is 5.24. The van der Waals surface area contributed by atoms with E-state index in [4.69, 9.17) is 0 Å². The predicted molar refractivity (Wildman–Crippen MR) is 83.5 cm³/mol. The number of hydrogen-bond acceptors (Lipinski definition) is 2. The van der Waals surface area contributed by atoms with Crippen molar-refractivity contribution in [3.63, 3.8) is 0 Å². The van der Waals surface area contributed by atoms with Gasteiger partial charge in [0.25, 0.3) is 5.69 Å². The Morgan fingerprint density at radius 2 is 1.86 bits per heavy atom. The van der Waals surface area contributed by atoms with Gasteiger partial charge in [0, 0.05) is 30.4 Å². The predicted octanol–water partition coefficient (Wildman–Crippen LogP) is 4.10. The van der Waals surface area contributed by atoms with Gasteiger partial charge in [-0.3, -0.25) is 10.1 Å². The van der Waals surface area contributed by atoms with Crippen molar-refractivity contribution in [2.45, 2.75) is 19.9 Å². The molecule has 0 aliphatic rings. The molecule has 106 valence electrons. The Balaban J connectivity index is 1.75. The Morgan fingerprint density at radius 3 is 2.57 bits per heavy atom.